The predicted molar refractivity (Wildman–Crippen MR) is 115 cm³/mol. The molecule has 2 aromatic carbocycles. The third kappa shape index (κ3) is 5.84. The fourth-order valence-electron chi connectivity index (χ4n) is 3.10. The Balaban J connectivity index is 1.73. The highest BCUT2D eigenvalue weighted by molar-refractivity contribution is 6.30. The molecule has 8 heteroatoms. The van der Waals surface area contributed by atoms with Gasteiger partial charge in [-0.2, -0.15) is 0 Å². The predicted octanol–water partition coefficient (Wildman–Crippen LogP) is 3.32. The Labute approximate surface area is 178 Å². The number of esters is 1. The van der Waals surface area contributed by atoms with E-state index in [4.69, 9.17) is 16.3 Å². The summed E-state index contributed by atoms with van der Waals surface area (Å²) in [7, 11) is 0. The monoisotopic (exact) mass is 427 g/mol. The van der Waals surface area contributed by atoms with Crippen LogP contribution in [0.15, 0.2) is 59.4 Å². The number of aromatic amines is 2. The molecule has 0 bridgehead atoms. The maximum absolute atomic E-state index is 12.4. The van der Waals surface area contributed by atoms with Crippen LogP contribution in [-0.2, 0) is 16.0 Å². The van der Waals surface area contributed by atoms with Crippen LogP contribution in [0.5, 0.6) is 0 Å². The van der Waals surface area contributed by atoms with E-state index in [1.54, 1.807) is 6.92 Å². The number of H-pyrrole nitrogens is 2. The molecule has 1 aromatic heterocycles. The van der Waals surface area contributed by atoms with Gasteiger partial charge in [0.25, 0.3) is 11.5 Å². The zero-order chi connectivity index (χ0) is 21.5. The fraction of sp³-hybridized carbons (Fsp3) is 0.227. The number of nitrogens with one attached hydrogen (secondary N) is 3. The van der Waals surface area contributed by atoms with E-state index in [1.165, 1.54) is 0 Å². The summed E-state index contributed by atoms with van der Waals surface area (Å²) in [5, 5.41) is 8.28. The number of rotatable bonds is 8. The Hall–Kier alpha value is -3.32. The molecule has 0 spiro atoms. The average molecular weight is 428 g/mol. The van der Waals surface area contributed by atoms with Crippen molar-refractivity contribution in [3.8, 4) is 11.1 Å². The Bertz CT molecular complexity index is 1070. The first-order valence-corrected chi connectivity index (χ1v) is 9.91. The molecule has 0 radical (unpaired) electrons. The summed E-state index contributed by atoms with van der Waals surface area (Å²) in [6, 6.07) is 16.1. The van der Waals surface area contributed by atoms with Gasteiger partial charge in [-0.05, 0) is 42.2 Å². The van der Waals surface area contributed by atoms with Crippen LogP contribution in [0.3, 0.4) is 0 Å². The van der Waals surface area contributed by atoms with Crippen molar-refractivity contribution in [2.75, 3.05) is 6.61 Å². The molecule has 3 rings (SSSR count). The van der Waals surface area contributed by atoms with Gasteiger partial charge >= 0.3 is 5.97 Å². The topological polar surface area (TPSA) is 104 Å². The third-order valence-corrected chi connectivity index (χ3v) is 4.72. The zero-order valence-corrected chi connectivity index (χ0v) is 17.2. The van der Waals surface area contributed by atoms with Gasteiger partial charge in [-0.1, -0.05) is 48.0 Å². The minimum atomic E-state index is -0.494. The normalized spacial score (nSPS) is 11.7. The minimum absolute atomic E-state index is 0.0181. The summed E-state index contributed by atoms with van der Waals surface area (Å²) in [6.07, 6.45) is 0.444. The summed E-state index contributed by atoms with van der Waals surface area (Å²) >= 11 is 6.06. The molecule has 30 heavy (non-hydrogen) atoms. The van der Waals surface area contributed by atoms with Crippen molar-refractivity contribution < 1.29 is 14.3 Å². The molecule has 7 nitrogen and oxygen atoms in total. The lowest BCUT2D eigenvalue weighted by molar-refractivity contribution is -0.143. The number of carbonyl (C=O) groups excluding carboxylic acids is 2. The standard InChI is InChI=1S/C22H22ClN3O4/c1-2-30-21(28)12-18(24-22(29)19-13-20(27)26-25-19)10-14-6-8-15(9-7-14)16-4-3-5-17(23)11-16/h3-9,11,13,18H,2,10,12H2,1H3,(H,24,29)(H2,25,26,27). The Morgan fingerprint density at radius 1 is 1.07 bits per heavy atom. The SMILES string of the molecule is CCOC(=O)CC(Cc1ccc(-c2cccc(Cl)c2)cc1)NC(=O)c1cc(=O)[nH][nH]1. The van der Waals surface area contributed by atoms with Crippen LogP contribution >= 0.6 is 11.6 Å². The van der Waals surface area contributed by atoms with Crippen LogP contribution in [0.25, 0.3) is 11.1 Å². The lowest BCUT2D eigenvalue weighted by atomic mass is 9.99. The van der Waals surface area contributed by atoms with Crippen LogP contribution in [0.1, 0.15) is 29.4 Å². The number of hydrogen-bond acceptors (Lipinski definition) is 4. The molecule has 0 saturated heterocycles. The fourth-order valence-corrected chi connectivity index (χ4v) is 3.29. The van der Waals surface area contributed by atoms with Crippen LogP contribution in [0.4, 0.5) is 0 Å². The van der Waals surface area contributed by atoms with Crippen molar-refractivity contribution >= 4 is 23.5 Å². The van der Waals surface area contributed by atoms with Gasteiger partial charge in [0.2, 0.25) is 0 Å². The van der Waals surface area contributed by atoms with Gasteiger partial charge in [0.1, 0.15) is 5.69 Å². The van der Waals surface area contributed by atoms with Gasteiger partial charge in [-0.15, -0.1) is 0 Å². The van der Waals surface area contributed by atoms with Crippen LogP contribution < -0.4 is 10.9 Å². The van der Waals surface area contributed by atoms with Crippen LogP contribution in [-0.4, -0.2) is 34.7 Å². The maximum Gasteiger partial charge on any atom is 0.307 e. The molecule has 0 aliphatic rings. The van der Waals surface area contributed by atoms with Crippen molar-refractivity contribution in [2.45, 2.75) is 25.8 Å². The summed E-state index contributed by atoms with van der Waals surface area (Å²) in [4.78, 5) is 35.6. The third-order valence-electron chi connectivity index (χ3n) is 4.49. The zero-order valence-electron chi connectivity index (χ0n) is 16.4. The lowest BCUT2D eigenvalue weighted by Crippen LogP contribution is -2.38. The summed E-state index contributed by atoms with van der Waals surface area (Å²) in [5.74, 6) is -0.876. The second-order valence-electron chi connectivity index (χ2n) is 6.76. The molecule has 156 valence electrons. The molecule has 0 saturated carbocycles. The lowest BCUT2D eigenvalue weighted by Gasteiger charge is -2.18. The van der Waals surface area contributed by atoms with E-state index in [9.17, 15) is 14.4 Å². The van der Waals surface area contributed by atoms with Crippen molar-refractivity contribution in [1.29, 1.82) is 0 Å². The minimum Gasteiger partial charge on any atom is -0.466 e. The summed E-state index contributed by atoms with van der Waals surface area (Å²) in [6.45, 7) is 1.99. The quantitative estimate of drug-likeness (QED) is 0.479. The van der Waals surface area contributed by atoms with Gasteiger partial charge in [-0.3, -0.25) is 24.6 Å². The summed E-state index contributed by atoms with van der Waals surface area (Å²) < 4.78 is 5.02. The highest BCUT2D eigenvalue weighted by Crippen LogP contribution is 2.23. The number of carbonyl (C=O) groups is 2. The van der Waals surface area contributed by atoms with Crippen molar-refractivity contribution in [1.82, 2.24) is 15.5 Å². The first-order valence-electron chi connectivity index (χ1n) is 9.53. The first kappa shape index (κ1) is 21.4. The van der Waals surface area contributed by atoms with Crippen LogP contribution in [0, 0.1) is 0 Å². The molecule has 1 heterocycles. The Kier molecular flexibility index (Phi) is 7.08. The van der Waals surface area contributed by atoms with Crippen LogP contribution in [0.2, 0.25) is 5.02 Å². The summed E-state index contributed by atoms with van der Waals surface area (Å²) in [5.41, 5.74) is 2.65. The molecule has 3 N–H and O–H groups in total. The number of benzene rings is 2. The molecule has 1 amide bonds. The molecule has 0 aliphatic carbocycles. The van der Waals surface area contributed by atoms with Crippen molar-refractivity contribution in [2.24, 2.45) is 0 Å². The second-order valence-corrected chi connectivity index (χ2v) is 7.20. The molecule has 3 aromatic rings. The molecule has 0 aliphatic heterocycles. The largest absolute Gasteiger partial charge is 0.466 e. The number of amides is 1. The highest BCUT2D eigenvalue weighted by atomic mass is 35.5. The van der Waals surface area contributed by atoms with Crippen molar-refractivity contribution in [3.05, 3.63) is 81.2 Å². The molecular weight excluding hydrogens is 406 g/mol. The Morgan fingerprint density at radius 3 is 2.47 bits per heavy atom. The van der Waals surface area contributed by atoms with Crippen molar-refractivity contribution in [3.63, 3.8) is 0 Å². The number of hydrogen-bond donors (Lipinski definition) is 3. The van der Waals surface area contributed by atoms with E-state index in [-0.39, 0.29) is 18.7 Å². The molecule has 1 unspecified atom stereocenters. The smallest absolute Gasteiger partial charge is 0.307 e. The van der Waals surface area contributed by atoms with E-state index < -0.39 is 23.5 Å². The molecule has 0 fully saturated rings. The van der Waals surface area contributed by atoms with Gasteiger partial charge in [0.05, 0.1) is 13.0 Å². The highest BCUT2D eigenvalue weighted by Gasteiger charge is 2.20. The van der Waals surface area contributed by atoms with Gasteiger partial charge in [0, 0.05) is 17.1 Å². The Morgan fingerprint density at radius 2 is 1.83 bits per heavy atom. The first-order chi connectivity index (χ1) is 14.4. The number of aromatic nitrogens is 2. The van der Waals surface area contributed by atoms with E-state index >= 15 is 0 Å². The number of halogens is 1. The van der Waals surface area contributed by atoms with Gasteiger partial charge < -0.3 is 10.1 Å². The maximum atomic E-state index is 12.4. The average Bonchev–Trinajstić information content (AvgIpc) is 3.15. The molecular formula is C22H22ClN3O4. The van der Waals surface area contributed by atoms with Gasteiger partial charge in [0.15, 0.2) is 0 Å². The van der Waals surface area contributed by atoms with E-state index in [2.05, 4.69) is 15.5 Å². The van der Waals surface area contributed by atoms with E-state index in [0.717, 1.165) is 22.8 Å². The van der Waals surface area contributed by atoms with Gasteiger partial charge in [-0.25, -0.2) is 0 Å². The second kappa shape index (κ2) is 9.93. The van der Waals surface area contributed by atoms with E-state index in [1.807, 2.05) is 48.5 Å². The number of ether oxygens (including phenoxy) is 1. The molecule has 1 atom stereocenters. The van der Waals surface area contributed by atoms with E-state index in [0.29, 0.717) is 11.4 Å².